The third-order valence-corrected chi connectivity index (χ3v) is 4.13. The molecule has 1 fully saturated rings. The lowest BCUT2D eigenvalue weighted by Crippen LogP contribution is -2.23. The third-order valence-electron chi connectivity index (χ3n) is 4.13. The molecule has 1 saturated heterocycles. The van der Waals surface area contributed by atoms with Crippen molar-refractivity contribution in [2.75, 3.05) is 19.6 Å². The minimum absolute atomic E-state index is 0.0414. The highest BCUT2D eigenvalue weighted by Gasteiger charge is 2.24. The number of hydrogen-bond acceptors (Lipinski definition) is 3. The molecule has 1 atom stereocenters. The van der Waals surface area contributed by atoms with Crippen LogP contribution >= 0.6 is 0 Å². The summed E-state index contributed by atoms with van der Waals surface area (Å²) in [4.78, 5) is 21.2. The van der Waals surface area contributed by atoms with Crippen molar-refractivity contribution in [1.29, 1.82) is 0 Å². The molecule has 1 unspecified atom stereocenters. The minimum atomic E-state index is -0.0414. The zero-order valence-electron chi connectivity index (χ0n) is 12.4. The number of aromatic amines is 1. The van der Waals surface area contributed by atoms with Crippen molar-refractivity contribution in [3.05, 3.63) is 63.8 Å². The molecule has 0 saturated carbocycles. The van der Waals surface area contributed by atoms with E-state index in [2.05, 4.69) is 45.2 Å². The van der Waals surface area contributed by atoms with E-state index in [0.29, 0.717) is 11.7 Å². The van der Waals surface area contributed by atoms with Gasteiger partial charge in [0, 0.05) is 25.1 Å². The number of hydrogen-bond donors (Lipinski definition) is 1. The molecule has 1 aliphatic heterocycles. The molecule has 1 aliphatic rings. The van der Waals surface area contributed by atoms with Gasteiger partial charge in [0.15, 0.2) is 0 Å². The van der Waals surface area contributed by atoms with Gasteiger partial charge in [0.2, 0.25) is 0 Å². The van der Waals surface area contributed by atoms with Crippen molar-refractivity contribution < 1.29 is 0 Å². The van der Waals surface area contributed by atoms with Crippen molar-refractivity contribution >= 4 is 0 Å². The molecule has 0 spiro atoms. The minimum Gasteiger partial charge on any atom is -0.311 e. The van der Waals surface area contributed by atoms with E-state index in [0.717, 1.165) is 38.2 Å². The van der Waals surface area contributed by atoms with Gasteiger partial charge in [0.25, 0.3) is 5.56 Å². The van der Waals surface area contributed by atoms with Crippen LogP contribution in [0.3, 0.4) is 0 Å². The van der Waals surface area contributed by atoms with E-state index in [-0.39, 0.29) is 5.56 Å². The van der Waals surface area contributed by atoms with Gasteiger partial charge in [0.1, 0.15) is 5.82 Å². The summed E-state index contributed by atoms with van der Waals surface area (Å²) >= 11 is 0. The third kappa shape index (κ3) is 3.58. The van der Waals surface area contributed by atoms with E-state index >= 15 is 0 Å². The molecule has 2 heterocycles. The quantitative estimate of drug-likeness (QED) is 0.935. The molecule has 1 aromatic carbocycles. The maximum absolute atomic E-state index is 11.6. The van der Waals surface area contributed by atoms with Crippen LogP contribution in [-0.4, -0.2) is 34.5 Å². The maximum Gasteiger partial charge on any atom is 0.251 e. The Kier molecular flexibility index (Phi) is 4.15. The Morgan fingerprint density at radius 1 is 1.33 bits per heavy atom. The van der Waals surface area contributed by atoms with E-state index in [1.54, 1.807) is 6.07 Å². The van der Waals surface area contributed by atoms with Crippen LogP contribution in [0.1, 0.15) is 29.4 Å². The van der Waals surface area contributed by atoms with Gasteiger partial charge in [-0.1, -0.05) is 30.3 Å². The van der Waals surface area contributed by atoms with E-state index in [9.17, 15) is 4.79 Å². The average Bonchev–Trinajstić information content (AvgIpc) is 2.94. The average molecular weight is 283 g/mol. The summed E-state index contributed by atoms with van der Waals surface area (Å²) in [5.41, 5.74) is 2.28. The highest BCUT2D eigenvalue weighted by atomic mass is 16.1. The Hall–Kier alpha value is -1.94. The lowest BCUT2D eigenvalue weighted by atomic mass is 10.0. The molecular weight excluding hydrogens is 262 g/mol. The molecule has 1 N–H and O–H groups in total. The van der Waals surface area contributed by atoms with Gasteiger partial charge in [-0.05, 0) is 31.9 Å². The second-order valence-corrected chi connectivity index (χ2v) is 5.78. The van der Waals surface area contributed by atoms with Crippen molar-refractivity contribution in [1.82, 2.24) is 14.9 Å². The summed E-state index contributed by atoms with van der Waals surface area (Å²) in [6.45, 7) is 5.00. The molecule has 21 heavy (non-hydrogen) atoms. The Morgan fingerprint density at radius 3 is 2.90 bits per heavy atom. The predicted octanol–water partition coefficient (Wildman–Crippen LogP) is 2.11. The fourth-order valence-electron chi connectivity index (χ4n) is 3.02. The fraction of sp³-hybridized carbons (Fsp3) is 0.412. The number of rotatable bonds is 4. The molecular formula is C17H21N3O. The van der Waals surface area contributed by atoms with Gasteiger partial charge in [-0.25, -0.2) is 4.98 Å². The van der Waals surface area contributed by atoms with Gasteiger partial charge >= 0.3 is 0 Å². The van der Waals surface area contributed by atoms with Crippen LogP contribution < -0.4 is 5.56 Å². The molecule has 1 aromatic heterocycles. The van der Waals surface area contributed by atoms with Crippen LogP contribution in [0, 0.1) is 6.92 Å². The number of nitrogens with one attached hydrogen (secondary N) is 1. The Morgan fingerprint density at radius 2 is 2.14 bits per heavy atom. The highest BCUT2D eigenvalue weighted by molar-refractivity contribution is 5.15. The molecule has 3 rings (SSSR count). The van der Waals surface area contributed by atoms with Crippen LogP contribution in [0.2, 0.25) is 0 Å². The number of benzene rings is 1. The molecule has 4 nitrogen and oxygen atoms in total. The van der Waals surface area contributed by atoms with E-state index in [1.165, 1.54) is 5.56 Å². The number of aryl methyl sites for hydroxylation is 1. The standard InChI is InChI=1S/C17H21N3O/c1-13-18-16(11-17(21)19-13)15-8-10-20(12-15)9-7-14-5-3-2-4-6-14/h2-6,11,15H,7-10,12H2,1H3,(H,18,19,21). The second-order valence-electron chi connectivity index (χ2n) is 5.78. The van der Waals surface area contributed by atoms with Gasteiger partial charge in [0.05, 0.1) is 5.69 Å². The zero-order valence-corrected chi connectivity index (χ0v) is 12.4. The van der Waals surface area contributed by atoms with E-state index in [4.69, 9.17) is 0 Å². The fourth-order valence-corrected chi connectivity index (χ4v) is 3.02. The van der Waals surface area contributed by atoms with Gasteiger partial charge in [-0.15, -0.1) is 0 Å². The lowest BCUT2D eigenvalue weighted by Gasteiger charge is -2.15. The Labute approximate surface area is 124 Å². The Balaban J connectivity index is 1.59. The number of nitrogens with zero attached hydrogens (tertiary/aromatic N) is 2. The summed E-state index contributed by atoms with van der Waals surface area (Å²) < 4.78 is 0. The molecule has 0 bridgehead atoms. The molecule has 110 valence electrons. The van der Waals surface area contributed by atoms with E-state index < -0.39 is 0 Å². The normalized spacial score (nSPS) is 19.0. The monoisotopic (exact) mass is 283 g/mol. The van der Waals surface area contributed by atoms with Crippen molar-refractivity contribution in [2.45, 2.75) is 25.7 Å². The smallest absolute Gasteiger partial charge is 0.251 e. The summed E-state index contributed by atoms with van der Waals surface area (Å²) in [6, 6.07) is 12.2. The van der Waals surface area contributed by atoms with Gasteiger partial charge in [-0.2, -0.15) is 0 Å². The second kappa shape index (κ2) is 6.22. The SMILES string of the molecule is Cc1nc(C2CCN(CCc3ccccc3)C2)cc(=O)[nH]1. The summed E-state index contributed by atoms with van der Waals surface area (Å²) in [7, 11) is 0. The molecule has 0 amide bonds. The largest absolute Gasteiger partial charge is 0.311 e. The first-order chi connectivity index (χ1) is 10.2. The maximum atomic E-state index is 11.6. The van der Waals surface area contributed by atoms with Crippen LogP contribution in [0.4, 0.5) is 0 Å². The van der Waals surface area contributed by atoms with Crippen LogP contribution in [0.15, 0.2) is 41.2 Å². The van der Waals surface area contributed by atoms with Gasteiger partial charge in [-0.3, -0.25) is 4.79 Å². The van der Waals surface area contributed by atoms with Crippen LogP contribution in [-0.2, 0) is 6.42 Å². The first-order valence-electron chi connectivity index (χ1n) is 7.55. The summed E-state index contributed by atoms with van der Waals surface area (Å²) in [5, 5.41) is 0. The Bertz CT molecular complexity index is 651. The molecule has 4 heteroatoms. The predicted molar refractivity (Wildman–Crippen MR) is 83.5 cm³/mol. The number of aromatic nitrogens is 2. The molecule has 2 aromatic rings. The van der Waals surface area contributed by atoms with Crippen LogP contribution in [0.5, 0.6) is 0 Å². The number of likely N-dealkylation sites (tertiary alicyclic amines) is 1. The summed E-state index contributed by atoms with van der Waals surface area (Å²) in [6.07, 6.45) is 2.17. The van der Waals surface area contributed by atoms with Crippen molar-refractivity contribution in [2.24, 2.45) is 0 Å². The number of H-pyrrole nitrogens is 1. The first-order valence-corrected chi connectivity index (χ1v) is 7.55. The van der Waals surface area contributed by atoms with Crippen molar-refractivity contribution in [3.8, 4) is 0 Å². The van der Waals surface area contributed by atoms with Gasteiger partial charge < -0.3 is 9.88 Å². The topological polar surface area (TPSA) is 49.0 Å². The lowest BCUT2D eigenvalue weighted by molar-refractivity contribution is 0.338. The van der Waals surface area contributed by atoms with E-state index in [1.807, 2.05) is 6.92 Å². The zero-order chi connectivity index (χ0) is 14.7. The van der Waals surface area contributed by atoms with Crippen molar-refractivity contribution in [3.63, 3.8) is 0 Å². The molecule has 0 radical (unpaired) electrons. The summed E-state index contributed by atoms with van der Waals surface area (Å²) in [5.74, 6) is 1.10. The molecule has 0 aliphatic carbocycles. The highest BCUT2D eigenvalue weighted by Crippen LogP contribution is 2.25. The van der Waals surface area contributed by atoms with Crippen LogP contribution in [0.25, 0.3) is 0 Å². The first kappa shape index (κ1) is 14.0.